The SMILES string of the molecule is C=CN1C(=O)[C@@]2(CCNC2=O)Cc2cnc(Nc3ccc(N4CCN(C)CC4)c(P)c3)nc21. The molecule has 2 N–H and O–H groups in total. The number of hydrogen-bond acceptors (Lipinski definition) is 7. The fourth-order valence-electron chi connectivity index (χ4n) is 4.83. The van der Waals surface area contributed by atoms with E-state index in [1.165, 1.54) is 16.8 Å². The molecule has 0 radical (unpaired) electrons. The summed E-state index contributed by atoms with van der Waals surface area (Å²) in [6.45, 7) is 8.38. The molecule has 1 spiro atoms. The zero-order valence-corrected chi connectivity index (χ0v) is 19.8. The molecule has 0 saturated carbocycles. The van der Waals surface area contributed by atoms with Crippen molar-refractivity contribution in [2.75, 3.05) is 54.9 Å². The smallest absolute Gasteiger partial charge is 0.248 e. The summed E-state index contributed by atoms with van der Waals surface area (Å²) < 4.78 is 0. The Hall–Kier alpha value is -3.03. The quantitative estimate of drug-likeness (QED) is 0.514. The molecular formula is C23H28N7O2P. The van der Waals surface area contributed by atoms with Crippen LogP contribution in [0.25, 0.3) is 0 Å². The van der Waals surface area contributed by atoms with Gasteiger partial charge in [-0.25, -0.2) is 4.98 Å². The van der Waals surface area contributed by atoms with Gasteiger partial charge in [-0.3, -0.25) is 14.5 Å². The minimum Gasteiger partial charge on any atom is -0.368 e. The van der Waals surface area contributed by atoms with Crippen molar-refractivity contribution in [1.82, 2.24) is 20.2 Å². The second kappa shape index (κ2) is 8.39. The first-order valence-corrected chi connectivity index (χ1v) is 11.7. The molecule has 1 aromatic heterocycles. The molecular weight excluding hydrogens is 437 g/mol. The Labute approximate surface area is 195 Å². The Kier molecular flexibility index (Phi) is 5.54. The molecule has 0 bridgehead atoms. The monoisotopic (exact) mass is 465 g/mol. The van der Waals surface area contributed by atoms with Crippen LogP contribution < -0.4 is 25.7 Å². The molecule has 33 heavy (non-hydrogen) atoms. The van der Waals surface area contributed by atoms with E-state index in [1.807, 2.05) is 6.07 Å². The van der Waals surface area contributed by atoms with E-state index < -0.39 is 5.41 Å². The number of nitrogens with one attached hydrogen (secondary N) is 2. The third-order valence-electron chi connectivity index (χ3n) is 6.77. The molecule has 10 heteroatoms. The highest BCUT2D eigenvalue weighted by molar-refractivity contribution is 7.28. The molecule has 9 nitrogen and oxygen atoms in total. The molecule has 2 saturated heterocycles. The van der Waals surface area contributed by atoms with Gasteiger partial charge in [-0.2, -0.15) is 4.98 Å². The molecule has 0 aliphatic carbocycles. The summed E-state index contributed by atoms with van der Waals surface area (Å²) in [5.74, 6) is 0.337. The normalized spacial score (nSPS) is 23.0. The lowest BCUT2D eigenvalue weighted by molar-refractivity contribution is -0.139. The first kappa shape index (κ1) is 21.8. The van der Waals surface area contributed by atoms with Crippen LogP contribution in [0.1, 0.15) is 12.0 Å². The van der Waals surface area contributed by atoms with E-state index in [0.29, 0.717) is 31.2 Å². The van der Waals surface area contributed by atoms with Gasteiger partial charge in [0.15, 0.2) is 0 Å². The number of fused-ring (bicyclic) bond motifs is 1. The van der Waals surface area contributed by atoms with Gasteiger partial charge in [0.2, 0.25) is 17.8 Å². The maximum atomic E-state index is 13.2. The van der Waals surface area contributed by atoms with E-state index >= 15 is 0 Å². The van der Waals surface area contributed by atoms with Crippen molar-refractivity contribution in [2.45, 2.75) is 12.8 Å². The van der Waals surface area contributed by atoms with Crippen LogP contribution in [-0.2, 0) is 16.0 Å². The second-order valence-corrected chi connectivity index (χ2v) is 9.48. The van der Waals surface area contributed by atoms with Crippen LogP contribution in [-0.4, -0.2) is 66.5 Å². The van der Waals surface area contributed by atoms with Crippen molar-refractivity contribution in [3.05, 3.63) is 42.7 Å². The van der Waals surface area contributed by atoms with Crippen LogP contribution >= 0.6 is 9.24 Å². The van der Waals surface area contributed by atoms with Gasteiger partial charge in [0, 0.05) is 68.5 Å². The molecule has 1 aromatic carbocycles. The highest BCUT2D eigenvalue weighted by atomic mass is 31.0. The lowest BCUT2D eigenvalue weighted by atomic mass is 9.76. The zero-order chi connectivity index (χ0) is 23.2. The topological polar surface area (TPSA) is 93.7 Å². The van der Waals surface area contributed by atoms with Gasteiger partial charge < -0.3 is 20.4 Å². The number of piperazine rings is 1. The summed E-state index contributed by atoms with van der Waals surface area (Å²) in [5, 5.41) is 7.13. The number of nitrogens with zero attached hydrogens (tertiary/aromatic N) is 5. The van der Waals surface area contributed by atoms with Crippen molar-refractivity contribution >= 4 is 49.5 Å². The summed E-state index contributed by atoms with van der Waals surface area (Å²) >= 11 is 0. The maximum absolute atomic E-state index is 13.2. The van der Waals surface area contributed by atoms with Gasteiger partial charge in [0.1, 0.15) is 11.2 Å². The highest BCUT2D eigenvalue weighted by Gasteiger charge is 2.54. The van der Waals surface area contributed by atoms with Crippen LogP contribution in [0.5, 0.6) is 0 Å². The predicted octanol–water partition coefficient (Wildman–Crippen LogP) is 1.01. The molecule has 2 fully saturated rings. The van der Waals surface area contributed by atoms with Crippen LogP contribution in [0.4, 0.5) is 23.1 Å². The van der Waals surface area contributed by atoms with Crippen molar-refractivity contribution in [2.24, 2.45) is 5.41 Å². The van der Waals surface area contributed by atoms with Gasteiger partial charge in [0.05, 0.1) is 0 Å². The number of amides is 2. The molecule has 2 amide bonds. The summed E-state index contributed by atoms with van der Waals surface area (Å²) in [7, 11) is 4.96. The average Bonchev–Trinajstić information content (AvgIpc) is 3.17. The fraction of sp³-hybridized carbons (Fsp3) is 0.391. The fourth-order valence-corrected chi connectivity index (χ4v) is 5.29. The Bertz CT molecular complexity index is 1130. The summed E-state index contributed by atoms with van der Waals surface area (Å²) in [5.41, 5.74) is 1.73. The Balaban J connectivity index is 1.38. The Morgan fingerprint density at radius 3 is 2.70 bits per heavy atom. The molecule has 2 atom stereocenters. The Morgan fingerprint density at radius 1 is 1.24 bits per heavy atom. The molecule has 5 rings (SSSR count). The lowest BCUT2D eigenvalue weighted by Crippen LogP contribution is -2.51. The van der Waals surface area contributed by atoms with Gasteiger partial charge in [-0.1, -0.05) is 6.58 Å². The minimum atomic E-state index is -1.09. The van der Waals surface area contributed by atoms with Gasteiger partial charge >= 0.3 is 0 Å². The number of hydrogen-bond donors (Lipinski definition) is 2. The van der Waals surface area contributed by atoms with E-state index in [9.17, 15) is 9.59 Å². The van der Waals surface area contributed by atoms with Crippen LogP contribution in [0.3, 0.4) is 0 Å². The van der Waals surface area contributed by atoms with Crippen LogP contribution in [0.15, 0.2) is 37.2 Å². The van der Waals surface area contributed by atoms with E-state index in [4.69, 9.17) is 0 Å². The highest BCUT2D eigenvalue weighted by Crippen LogP contribution is 2.41. The third-order valence-corrected chi connectivity index (χ3v) is 7.23. The van der Waals surface area contributed by atoms with E-state index in [2.05, 4.69) is 65.4 Å². The lowest BCUT2D eigenvalue weighted by Gasteiger charge is -2.36. The van der Waals surface area contributed by atoms with E-state index in [1.54, 1.807) is 6.20 Å². The van der Waals surface area contributed by atoms with E-state index in [0.717, 1.165) is 42.7 Å². The maximum Gasteiger partial charge on any atom is 0.248 e. The van der Waals surface area contributed by atoms with E-state index in [-0.39, 0.29) is 11.8 Å². The first-order valence-electron chi connectivity index (χ1n) is 11.1. The third kappa shape index (κ3) is 3.75. The number of anilines is 4. The zero-order valence-electron chi connectivity index (χ0n) is 18.7. The van der Waals surface area contributed by atoms with Crippen molar-refractivity contribution in [3.8, 4) is 0 Å². The van der Waals surface area contributed by atoms with Crippen molar-refractivity contribution in [1.29, 1.82) is 0 Å². The molecule has 172 valence electrons. The average molecular weight is 465 g/mol. The summed E-state index contributed by atoms with van der Waals surface area (Å²) in [6.07, 6.45) is 3.88. The number of aromatic nitrogens is 2. The molecule has 4 heterocycles. The number of carbonyl (C=O) groups excluding carboxylic acids is 2. The first-order chi connectivity index (χ1) is 15.9. The summed E-state index contributed by atoms with van der Waals surface area (Å²) in [4.78, 5) is 40.8. The molecule has 1 unspecified atom stereocenters. The largest absolute Gasteiger partial charge is 0.368 e. The van der Waals surface area contributed by atoms with Crippen LogP contribution in [0.2, 0.25) is 0 Å². The van der Waals surface area contributed by atoms with Crippen LogP contribution in [0, 0.1) is 5.41 Å². The molecule has 3 aliphatic rings. The van der Waals surface area contributed by atoms with Gasteiger partial charge in [-0.05, 0) is 37.0 Å². The minimum absolute atomic E-state index is 0.236. The number of likely N-dealkylation sites (N-methyl/N-ethyl adjacent to an activating group) is 1. The number of rotatable bonds is 4. The van der Waals surface area contributed by atoms with Crippen molar-refractivity contribution < 1.29 is 9.59 Å². The van der Waals surface area contributed by atoms with Crippen molar-refractivity contribution in [3.63, 3.8) is 0 Å². The molecule has 2 aromatic rings. The second-order valence-electron chi connectivity index (χ2n) is 8.85. The number of carbonyl (C=O) groups is 2. The van der Waals surface area contributed by atoms with Gasteiger partial charge in [0.25, 0.3) is 0 Å². The number of benzene rings is 1. The van der Waals surface area contributed by atoms with Gasteiger partial charge in [-0.15, -0.1) is 9.24 Å². The Morgan fingerprint density at radius 2 is 2.03 bits per heavy atom. The standard InChI is InChI=1S/C23H28N7O2P/c1-3-30-19-15(13-23(21(30)32)6-7-24-20(23)31)14-25-22(27-19)26-16-4-5-17(18(33)12-16)29-10-8-28(2)9-11-29/h3-5,12,14H,1,6-11,13,33H2,2H3,(H,24,31)(H,25,26,27)/t23-/m0/s1. The summed E-state index contributed by atoms with van der Waals surface area (Å²) in [6, 6.07) is 6.17. The predicted molar refractivity (Wildman–Crippen MR) is 132 cm³/mol. The molecule has 3 aliphatic heterocycles.